The summed E-state index contributed by atoms with van der Waals surface area (Å²) in [7, 11) is 0. The summed E-state index contributed by atoms with van der Waals surface area (Å²) in [6.07, 6.45) is 0.813. The standard InChI is InChI=1S/C19H14O2/c20-14-17-12-11-16(15-7-3-1-4-8-15)13-19(17)21-18-9-5-2-6-10-18/h1-14H. The van der Waals surface area contributed by atoms with Gasteiger partial charge in [-0.15, -0.1) is 0 Å². The van der Waals surface area contributed by atoms with Crippen LogP contribution >= 0.6 is 0 Å². The Kier molecular flexibility index (Phi) is 3.79. The SMILES string of the molecule is O=Cc1ccc(-c2ccccc2)cc1Oc1ccccc1. The van der Waals surface area contributed by atoms with Gasteiger partial charge in [0.15, 0.2) is 6.29 Å². The van der Waals surface area contributed by atoms with E-state index in [1.807, 2.05) is 72.8 Å². The zero-order chi connectivity index (χ0) is 14.5. The molecule has 0 radical (unpaired) electrons. The van der Waals surface area contributed by atoms with Crippen molar-refractivity contribution in [3.05, 3.63) is 84.4 Å². The molecular weight excluding hydrogens is 260 g/mol. The van der Waals surface area contributed by atoms with Crippen molar-refractivity contribution in [1.82, 2.24) is 0 Å². The number of hydrogen-bond donors (Lipinski definition) is 0. The van der Waals surface area contributed by atoms with E-state index in [1.165, 1.54) is 0 Å². The molecule has 0 spiro atoms. The molecule has 21 heavy (non-hydrogen) atoms. The van der Waals surface area contributed by atoms with E-state index in [2.05, 4.69) is 0 Å². The number of hydrogen-bond acceptors (Lipinski definition) is 2. The van der Waals surface area contributed by atoms with Gasteiger partial charge in [-0.05, 0) is 35.4 Å². The molecule has 0 saturated heterocycles. The van der Waals surface area contributed by atoms with Crippen LogP contribution in [0.2, 0.25) is 0 Å². The summed E-state index contributed by atoms with van der Waals surface area (Å²) >= 11 is 0. The van der Waals surface area contributed by atoms with Crippen molar-refractivity contribution in [2.24, 2.45) is 0 Å². The predicted molar refractivity (Wildman–Crippen MR) is 83.8 cm³/mol. The summed E-state index contributed by atoms with van der Waals surface area (Å²) in [6, 6.07) is 25.1. The van der Waals surface area contributed by atoms with Crippen molar-refractivity contribution in [3.8, 4) is 22.6 Å². The molecule has 0 fully saturated rings. The lowest BCUT2D eigenvalue weighted by Crippen LogP contribution is -1.91. The highest BCUT2D eigenvalue weighted by Gasteiger charge is 2.07. The van der Waals surface area contributed by atoms with Crippen LogP contribution < -0.4 is 4.74 Å². The summed E-state index contributed by atoms with van der Waals surface area (Å²) in [5.41, 5.74) is 2.65. The van der Waals surface area contributed by atoms with Gasteiger partial charge in [-0.3, -0.25) is 4.79 Å². The Morgan fingerprint density at radius 1 is 0.714 bits per heavy atom. The number of benzene rings is 3. The first kappa shape index (κ1) is 13.1. The maximum Gasteiger partial charge on any atom is 0.153 e. The number of rotatable bonds is 4. The number of aldehydes is 1. The molecule has 102 valence electrons. The number of para-hydroxylation sites is 1. The normalized spacial score (nSPS) is 10.1. The fourth-order valence-electron chi connectivity index (χ4n) is 2.15. The topological polar surface area (TPSA) is 26.3 Å². The van der Waals surface area contributed by atoms with Crippen molar-refractivity contribution in [2.75, 3.05) is 0 Å². The van der Waals surface area contributed by atoms with Gasteiger partial charge < -0.3 is 4.74 Å². The molecule has 0 bridgehead atoms. The molecular formula is C19H14O2. The highest BCUT2D eigenvalue weighted by molar-refractivity contribution is 5.82. The average Bonchev–Trinajstić information content (AvgIpc) is 2.56. The third-order valence-corrected chi connectivity index (χ3v) is 3.22. The fraction of sp³-hybridized carbons (Fsp3) is 0. The second-order valence-corrected chi connectivity index (χ2v) is 4.65. The van der Waals surface area contributed by atoms with Crippen molar-refractivity contribution in [1.29, 1.82) is 0 Å². The van der Waals surface area contributed by atoms with Crippen LogP contribution in [0.25, 0.3) is 11.1 Å². The lowest BCUT2D eigenvalue weighted by Gasteiger charge is -2.10. The van der Waals surface area contributed by atoms with E-state index < -0.39 is 0 Å². The van der Waals surface area contributed by atoms with E-state index in [0.29, 0.717) is 17.1 Å². The smallest absolute Gasteiger partial charge is 0.153 e. The molecule has 3 aromatic carbocycles. The molecule has 2 heteroatoms. The molecule has 0 aliphatic heterocycles. The summed E-state index contributed by atoms with van der Waals surface area (Å²) in [5, 5.41) is 0. The Hall–Kier alpha value is -2.87. The first-order valence-corrected chi connectivity index (χ1v) is 6.74. The molecule has 0 aliphatic carbocycles. The van der Waals surface area contributed by atoms with Gasteiger partial charge in [-0.2, -0.15) is 0 Å². The Morgan fingerprint density at radius 3 is 2.05 bits per heavy atom. The van der Waals surface area contributed by atoms with E-state index in [4.69, 9.17) is 4.74 Å². The van der Waals surface area contributed by atoms with E-state index >= 15 is 0 Å². The van der Waals surface area contributed by atoms with Gasteiger partial charge in [0.1, 0.15) is 11.5 Å². The summed E-state index contributed by atoms with van der Waals surface area (Å²) in [4.78, 5) is 11.2. The highest BCUT2D eigenvalue weighted by atomic mass is 16.5. The average molecular weight is 274 g/mol. The Bertz CT molecular complexity index is 734. The van der Waals surface area contributed by atoms with Gasteiger partial charge in [0.2, 0.25) is 0 Å². The summed E-state index contributed by atoms with van der Waals surface area (Å²) < 4.78 is 5.83. The van der Waals surface area contributed by atoms with Crippen LogP contribution in [0.3, 0.4) is 0 Å². The van der Waals surface area contributed by atoms with Gasteiger partial charge >= 0.3 is 0 Å². The lowest BCUT2D eigenvalue weighted by atomic mass is 10.0. The zero-order valence-corrected chi connectivity index (χ0v) is 11.4. The van der Waals surface area contributed by atoms with Gasteiger partial charge in [-0.25, -0.2) is 0 Å². The summed E-state index contributed by atoms with van der Waals surface area (Å²) in [6.45, 7) is 0. The summed E-state index contributed by atoms with van der Waals surface area (Å²) in [5.74, 6) is 1.28. The van der Waals surface area contributed by atoms with Gasteiger partial charge in [0.25, 0.3) is 0 Å². The minimum atomic E-state index is 0.540. The van der Waals surface area contributed by atoms with Crippen LogP contribution in [0.15, 0.2) is 78.9 Å². The third kappa shape index (κ3) is 3.00. The van der Waals surface area contributed by atoms with Gasteiger partial charge in [0.05, 0.1) is 5.56 Å². The first-order chi connectivity index (χ1) is 10.4. The number of carbonyl (C=O) groups is 1. The molecule has 0 aliphatic rings. The fourth-order valence-corrected chi connectivity index (χ4v) is 2.15. The van der Waals surface area contributed by atoms with Crippen molar-refractivity contribution >= 4 is 6.29 Å². The molecule has 0 atom stereocenters. The maximum absolute atomic E-state index is 11.2. The Labute approximate surface area is 123 Å². The molecule has 3 aromatic rings. The quantitative estimate of drug-likeness (QED) is 0.629. The Morgan fingerprint density at radius 2 is 1.38 bits per heavy atom. The van der Waals surface area contributed by atoms with Gasteiger partial charge in [0, 0.05) is 0 Å². The zero-order valence-electron chi connectivity index (χ0n) is 11.4. The molecule has 2 nitrogen and oxygen atoms in total. The lowest BCUT2D eigenvalue weighted by molar-refractivity contribution is 0.112. The van der Waals surface area contributed by atoms with Crippen LogP contribution in [-0.4, -0.2) is 6.29 Å². The van der Waals surface area contributed by atoms with Crippen LogP contribution in [0.5, 0.6) is 11.5 Å². The van der Waals surface area contributed by atoms with E-state index in [-0.39, 0.29) is 0 Å². The van der Waals surface area contributed by atoms with E-state index in [0.717, 1.165) is 17.4 Å². The van der Waals surface area contributed by atoms with Crippen LogP contribution in [-0.2, 0) is 0 Å². The van der Waals surface area contributed by atoms with Crippen LogP contribution in [0, 0.1) is 0 Å². The highest BCUT2D eigenvalue weighted by Crippen LogP contribution is 2.29. The van der Waals surface area contributed by atoms with Crippen molar-refractivity contribution in [3.63, 3.8) is 0 Å². The monoisotopic (exact) mass is 274 g/mol. The minimum Gasteiger partial charge on any atom is -0.457 e. The number of ether oxygens (including phenoxy) is 1. The third-order valence-electron chi connectivity index (χ3n) is 3.22. The van der Waals surface area contributed by atoms with Gasteiger partial charge in [-0.1, -0.05) is 54.6 Å². The predicted octanol–water partition coefficient (Wildman–Crippen LogP) is 4.96. The van der Waals surface area contributed by atoms with Crippen LogP contribution in [0.4, 0.5) is 0 Å². The van der Waals surface area contributed by atoms with Crippen LogP contribution in [0.1, 0.15) is 10.4 Å². The second kappa shape index (κ2) is 6.06. The maximum atomic E-state index is 11.2. The molecule has 0 amide bonds. The largest absolute Gasteiger partial charge is 0.457 e. The van der Waals surface area contributed by atoms with Crippen molar-refractivity contribution < 1.29 is 9.53 Å². The molecule has 0 N–H and O–H groups in total. The molecule has 0 aromatic heterocycles. The molecule has 0 heterocycles. The molecule has 0 unspecified atom stereocenters. The number of carbonyl (C=O) groups excluding carboxylic acids is 1. The van der Waals surface area contributed by atoms with E-state index in [9.17, 15) is 4.79 Å². The Balaban J connectivity index is 2.00. The minimum absolute atomic E-state index is 0.540. The first-order valence-electron chi connectivity index (χ1n) is 6.74. The van der Waals surface area contributed by atoms with Crippen molar-refractivity contribution in [2.45, 2.75) is 0 Å². The second-order valence-electron chi connectivity index (χ2n) is 4.65. The van der Waals surface area contributed by atoms with E-state index in [1.54, 1.807) is 6.07 Å². The molecule has 3 rings (SSSR count). The molecule has 0 saturated carbocycles.